The average Bonchev–Trinajstić information content (AvgIpc) is 3.08. The highest BCUT2D eigenvalue weighted by Crippen LogP contribution is 2.30. The standard InChI is InChI=1S/C24H26N4O2Si/c1-31(2,3)11-10-30-16-28-23-14-26-19(13-25)12-21(23)20-8-9-22(27-24(20)28)18-6-4-17(15-29)5-7-18/h4-9,12,14,29H,10-11,15-16H2,1-3H3. The second-order valence-corrected chi connectivity index (χ2v) is 14.5. The molecule has 31 heavy (non-hydrogen) atoms. The maximum atomic E-state index is 9.29. The van der Waals surface area contributed by atoms with E-state index in [1.54, 1.807) is 6.20 Å². The Kier molecular flexibility index (Phi) is 5.87. The van der Waals surface area contributed by atoms with Gasteiger partial charge in [0.05, 0.1) is 24.0 Å². The van der Waals surface area contributed by atoms with Gasteiger partial charge in [-0.1, -0.05) is 43.9 Å². The summed E-state index contributed by atoms with van der Waals surface area (Å²) in [6.45, 7) is 8.12. The van der Waals surface area contributed by atoms with Gasteiger partial charge in [-0.15, -0.1) is 0 Å². The van der Waals surface area contributed by atoms with E-state index in [1.165, 1.54) is 0 Å². The van der Waals surface area contributed by atoms with E-state index in [9.17, 15) is 10.4 Å². The smallest absolute Gasteiger partial charge is 0.143 e. The molecule has 7 heteroatoms. The first kappa shape index (κ1) is 21.2. The highest BCUT2D eigenvalue weighted by molar-refractivity contribution is 6.76. The molecule has 158 valence electrons. The fourth-order valence-corrected chi connectivity index (χ4v) is 4.28. The number of nitriles is 1. The van der Waals surface area contributed by atoms with Crippen LogP contribution in [0.3, 0.4) is 0 Å². The fourth-order valence-electron chi connectivity index (χ4n) is 3.53. The third-order valence-electron chi connectivity index (χ3n) is 5.36. The Labute approximate surface area is 182 Å². The van der Waals surface area contributed by atoms with Crippen molar-refractivity contribution in [2.75, 3.05) is 6.61 Å². The molecule has 0 amide bonds. The van der Waals surface area contributed by atoms with E-state index < -0.39 is 8.07 Å². The Morgan fingerprint density at radius 2 is 1.87 bits per heavy atom. The monoisotopic (exact) mass is 430 g/mol. The van der Waals surface area contributed by atoms with Crippen LogP contribution in [0.25, 0.3) is 33.2 Å². The first-order valence-electron chi connectivity index (χ1n) is 10.4. The number of aliphatic hydroxyl groups is 1. The third kappa shape index (κ3) is 4.51. The Morgan fingerprint density at radius 1 is 1.10 bits per heavy atom. The van der Waals surface area contributed by atoms with Crippen molar-refractivity contribution < 1.29 is 9.84 Å². The van der Waals surface area contributed by atoms with Crippen molar-refractivity contribution in [2.45, 2.75) is 39.0 Å². The van der Waals surface area contributed by atoms with Gasteiger partial charge in [0.1, 0.15) is 24.1 Å². The molecule has 0 bridgehead atoms. The van der Waals surface area contributed by atoms with E-state index in [-0.39, 0.29) is 6.61 Å². The van der Waals surface area contributed by atoms with Crippen molar-refractivity contribution in [3.63, 3.8) is 0 Å². The SMILES string of the molecule is C[Si](C)(C)CCOCn1c2cnc(C#N)cc2c2ccc(-c3ccc(CO)cc3)nc21. The van der Waals surface area contributed by atoms with Crippen molar-refractivity contribution in [3.05, 3.63) is 59.9 Å². The average molecular weight is 431 g/mol. The Bertz CT molecular complexity index is 1270. The van der Waals surface area contributed by atoms with Crippen LogP contribution >= 0.6 is 0 Å². The maximum Gasteiger partial charge on any atom is 0.143 e. The molecular weight excluding hydrogens is 404 g/mol. The number of nitrogens with zero attached hydrogens (tertiary/aromatic N) is 4. The molecular formula is C24H26N4O2Si. The molecule has 0 saturated heterocycles. The molecule has 4 rings (SSSR count). The lowest BCUT2D eigenvalue weighted by Crippen LogP contribution is -2.22. The van der Waals surface area contributed by atoms with Crippen molar-refractivity contribution >= 4 is 30.0 Å². The molecule has 3 heterocycles. The van der Waals surface area contributed by atoms with Crippen molar-refractivity contribution in [1.82, 2.24) is 14.5 Å². The summed E-state index contributed by atoms with van der Waals surface area (Å²) < 4.78 is 8.08. The fraction of sp³-hybridized carbons (Fsp3) is 0.292. The molecule has 3 aromatic heterocycles. The Morgan fingerprint density at radius 3 is 2.55 bits per heavy atom. The van der Waals surface area contributed by atoms with E-state index in [4.69, 9.17) is 9.72 Å². The Hall–Kier alpha value is -3.05. The predicted molar refractivity (Wildman–Crippen MR) is 125 cm³/mol. The zero-order chi connectivity index (χ0) is 22.0. The minimum atomic E-state index is -1.18. The number of ether oxygens (including phenoxy) is 1. The van der Waals surface area contributed by atoms with Crippen LogP contribution in [0, 0.1) is 11.3 Å². The summed E-state index contributed by atoms with van der Waals surface area (Å²) in [6, 6.07) is 16.8. The second-order valence-electron chi connectivity index (χ2n) is 8.90. The number of fused-ring (bicyclic) bond motifs is 3. The van der Waals surface area contributed by atoms with Crippen molar-refractivity contribution in [3.8, 4) is 17.3 Å². The topological polar surface area (TPSA) is 84.0 Å². The lowest BCUT2D eigenvalue weighted by atomic mass is 10.1. The van der Waals surface area contributed by atoms with Gasteiger partial charge in [0.25, 0.3) is 0 Å². The largest absolute Gasteiger partial charge is 0.392 e. The highest BCUT2D eigenvalue weighted by Gasteiger charge is 2.16. The molecule has 6 nitrogen and oxygen atoms in total. The molecule has 1 N–H and O–H groups in total. The summed E-state index contributed by atoms with van der Waals surface area (Å²) in [5, 5.41) is 20.5. The summed E-state index contributed by atoms with van der Waals surface area (Å²) in [7, 11) is -1.18. The summed E-state index contributed by atoms with van der Waals surface area (Å²) >= 11 is 0. The summed E-state index contributed by atoms with van der Waals surface area (Å²) in [5.41, 5.74) is 4.79. The molecule has 0 unspecified atom stereocenters. The lowest BCUT2D eigenvalue weighted by Gasteiger charge is -2.16. The van der Waals surface area contributed by atoms with Gasteiger partial charge >= 0.3 is 0 Å². The maximum absolute atomic E-state index is 9.29. The van der Waals surface area contributed by atoms with Gasteiger partial charge < -0.3 is 9.84 Å². The number of aliphatic hydroxyl groups excluding tert-OH is 1. The van der Waals surface area contributed by atoms with Crippen LogP contribution in [0.2, 0.25) is 25.7 Å². The van der Waals surface area contributed by atoms with Gasteiger partial charge in [0.15, 0.2) is 0 Å². The van der Waals surface area contributed by atoms with Crippen molar-refractivity contribution in [1.29, 1.82) is 5.26 Å². The van der Waals surface area contributed by atoms with Gasteiger partial charge in [-0.3, -0.25) is 4.57 Å². The number of benzene rings is 1. The van der Waals surface area contributed by atoms with Crippen LogP contribution in [0.1, 0.15) is 11.3 Å². The van der Waals surface area contributed by atoms with Crippen LogP contribution < -0.4 is 0 Å². The summed E-state index contributed by atoms with van der Waals surface area (Å²) in [4.78, 5) is 9.21. The van der Waals surface area contributed by atoms with Crippen molar-refractivity contribution in [2.24, 2.45) is 0 Å². The van der Waals surface area contributed by atoms with Crippen LogP contribution in [-0.2, 0) is 18.1 Å². The molecule has 0 aliphatic rings. The summed E-state index contributed by atoms with van der Waals surface area (Å²) in [5.74, 6) is 0. The number of hydrogen-bond donors (Lipinski definition) is 1. The summed E-state index contributed by atoms with van der Waals surface area (Å²) in [6.07, 6.45) is 1.73. The zero-order valence-electron chi connectivity index (χ0n) is 18.1. The van der Waals surface area contributed by atoms with E-state index in [0.29, 0.717) is 19.0 Å². The van der Waals surface area contributed by atoms with Gasteiger partial charge in [-0.05, 0) is 29.8 Å². The van der Waals surface area contributed by atoms with Gasteiger partial charge in [0.2, 0.25) is 0 Å². The second kappa shape index (κ2) is 8.59. The van der Waals surface area contributed by atoms with Crippen LogP contribution in [0.4, 0.5) is 0 Å². The quantitative estimate of drug-likeness (QED) is 0.332. The Balaban J connectivity index is 1.78. The minimum Gasteiger partial charge on any atom is -0.392 e. The van der Waals surface area contributed by atoms with Gasteiger partial charge in [0, 0.05) is 31.0 Å². The van der Waals surface area contributed by atoms with Crippen LogP contribution in [0.5, 0.6) is 0 Å². The normalized spacial score (nSPS) is 11.8. The van der Waals surface area contributed by atoms with Crippen LogP contribution in [0.15, 0.2) is 48.7 Å². The molecule has 0 radical (unpaired) electrons. The molecule has 1 aromatic carbocycles. The number of pyridine rings is 2. The van der Waals surface area contributed by atoms with Gasteiger partial charge in [-0.25, -0.2) is 9.97 Å². The first-order valence-corrected chi connectivity index (χ1v) is 14.1. The van der Waals surface area contributed by atoms with Gasteiger partial charge in [-0.2, -0.15) is 5.26 Å². The molecule has 4 aromatic rings. The molecule has 0 saturated carbocycles. The highest BCUT2D eigenvalue weighted by atomic mass is 28.3. The molecule has 0 fully saturated rings. The minimum absolute atomic E-state index is 0.0178. The van der Waals surface area contributed by atoms with E-state index in [1.807, 2.05) is 47.0 Å². The number of hydrogen-bond acceptors (Lipinski definition) is 5. The number of rotatable bonds is 7. The molecule has 0 spiro atoms. The number of aromatic nitrogens is 3. The predicted octanol–water partition coefficient (Wildman–Crippen LogP) is 4.93. The molecule has 0 aliphatic carbocycles. The third-order valence-corrected chi connectivity index (χ3v) is 7.06. The molecule has 0 atom stereocenters. The lowest BCUT2D eigenvalue weighted by molar-refractivity contribution is 0.0925. The van der Waals surface area contributed by atoms with E-state index in [0.717, 1.165) is 44.8 Å². The first-order chi connectivity index (χ1) is 14.9. The van der Waals surface area contributed by atoms with E-state index in [2.05, 4.69) is 30.7 Å². The van der Waals surface area contributed by atoms with E-state index >= 15 is 0 Å². The van der Waals surface area contributed by atoms with Crippen LogP contribution in [-0.4, -0.2) is 34.3 Å². The molecule has 0 aliphatic heterocycles. The zero-order valence-corrected chi connectivity index (χ0v) is 19.1.